The van der Waals surface area contributed by atoms with E-state index in [1.165, 1.54) is 0 Å². The van der Waals surface area contributed by atoms with Crippen molar-refractivity contribution in [2.45, 2.75) is 24.3 Å². The van der Waals surface area contributed by atoms with Crippen LogP contribution in [0.1, 0.15) is 28.3 Å². The van der Waals surface area contributed by atoms with Crippen LogP contribution in [0.15, 0.2) is 89.3 Å². The molecule has 1 atom stereocenters. The second-order valence-electron chi connectivity index (χ2n) is 6.88. The van der Waals surface area contributed by atoms with Gasteiger partial charge in [0.05, 0.1) is 10.9 Å². The number of sulfonamides is 1. The number of hydrogen-bond acceptors (Lipinski definition) is 2. The first kappa shape index (κ1) is 17.7. The van der Waals surface area contributed by atoms with Crippen LogP contribution in [-0.2, 0) is 16.4 Å². The van der Waals surface area contributed by atoms with Gasteiger partial charge in [0.2, 0.25) is 10.0 Å². The molecule has 3 nitrogen and oxygen atoms in total. The largest absolute Gasteiger partial charge is 0.241 e. The number of benzene rings is 3. The molecule has 0 fully saturated rings. The minimum absolute atomic E-state index is 0.288. The molecule has 0 saturated carbocycles. The highest BCUT2D eigenvalue weighted by Gasteiger charge is 2.29. The summed E-state index contributed by atoms with van der Waals surface area (Å²) in [4.78, 5) is 0.288. The van der Waals surface area contributed by atoms with Crippen molar-refractivity contribution in [1.82, 2.24) is 4.72 Å². The maximum atomic E-state index is 13.0. The Labute approximate surface area is 160 Å². The second-order valence-corrected chi connectivity index (χ2v) is 8.59. The van der Waals surface area contributed by atoms with Crippen LogP contribution in [0.4, 0.5) is 0 Å². The smallest absolute Gasteiger partial charge is 0.207 e. The molecule has 1 aliphatic carbocycles. The van der Waals surface area contributed by atoms with Gasteiger partial charge in [0.15, 0.2) is 0 Å². The first-order valence-electron chi connectivity index (χ1n) is 8.95. The summed E-state index contributed by atoms with van der Waals surface area (Å²) >= 11 is 0. The van der Waals surface area contributed by atoms with E-state index in [1.807, 2.05) is 61.5 Å². The quantitative estimate of drug-likeness (QED) is 0.705. The molecule has 1 N–H and O–H groups in total. The Balaban J connectivity index is 1.67. The molecule has 136 valence electrons. The van der Waals surface area contributed by atoms with Crippen LogP contribution in [0.3, 0.4) is 0 Å². The molecule has 3 aromatic carbocycles. The Morgan fingerprint density at radius 2 is 1.52 bits per heavy atom. The van der Waals surface area contributed by atoms with Crippen molar-refractivity contribution in [2.75, 3.05) is 0 Å². The van der Waals surface area contributed by atoms with Crippen molar-refractivity contribution in [3.63, 3.8) is 0 Å². The number of aryl methyl sites for hydroxylation is 1. The number of rotatable bonds is 5. The molecular formula is C23H21NO2S. The van der Waals surface area contributed by atoms with Crippen LogP contribution in [0.5, 0.6) is 0 Å². The fraction of sp³-hybridized carbons (Fsp3) is 0.130. The molecule has 0 bridgehead atoms. The Hall–Kier alpha value is -2.69. The van der Waals surface area contributed by atoms with Crippen molar-refractivity contribution in [1.29, 1.82) is 0 Å². The van der Waals surface area contributed by atoms with Gasteiger partial charge in [0, 0.05) is 0 Å². The summed E-state index contributed by atoms with van der Waals surface area (Å²) in [5.41, 5.74) is 5.32. The molecule has 0 saturated heterocycles. The summed E-state index contributed by atoms with van der Waals surface area (Å²) < 4.78 is 28.9. The Morgan fingerprint density at radius 1 is 0.852 bits per heavy atom. The molecule has 0 radical (unpaired) electrons. The van der Waals surface area contributed by atoms with Gasteiger partial charge >= 0.3 is 0 Å². The highest BCUT2D eigenvalue weighted by molar-refractivity contribution is 7.89. The summed E-state index contributed by atoms with van der Waals surface area (Å²) in [6, 6.07) is 24.7. The van der Waals surface area contributed by atoms with Gasteiger partial charge in [-0.25, -0.2) is 8.42 Å². The van der Waals surface area contributed by atoms with E-state index >= 15 is 0 Å². The lowest BCUT2D eigenvalue weighted by molar-refractivity contribution is 0.570. The van der Waals surface area contributed by atoms with Crippen molar-refractivity contribution in [3.05, 3.63) is 107 Å². The lowest BCUT2D eigenvalue weighted by atomic mass is 9.99. The maximum absolute atomic E-state index is 13.0. The average Bonchev–Trinajstić information content (AvgIpc) is 3.00. The molecule has 0 heterocycles. The summed E-state index contributed by atoms with van der Waals surface area (Å²) in [5, 5.41) is 0. The van der Waals surface area contributed by atoms with E-state index in [1.54, 1.807) is 12.1 Å². The van der Waals surface area contributed by atoms with Gasteiger partial charge in [0.25, 0.3) is 0 Å². The maximum Gasteiger partial charge on any atom is 0.241 e. The Kier molecular flexibility index (Phi) is 4.68. The van der Waals surface area contributed by atoms with E-state index in [4.69, 9.17) is 0 Å². The fourth-order valence-electron chi connectivity index (χ4n) is 3.45. The van der Waals surface area contributed by atoms with Gasteiger partial charge in [-0.05, 0) is 47.7 Å². The van der Waals surface area contributed by atoms with Gasteiger partial charge in [-0.1, -0.05) is 78.4 Å². The minimum atomic E-state index is -3.62. The predicted molar refractivity (Wildman–Crippen MR) is 109 cm³/mol. The first-order valence-corrected chi connectivity index (χ1v) is 10.4. The van der Waals surface area contributed by atoms with E-state index in [0.29, 0.717) is 6.42 Å². The van der Waals surface area contributed by atoms with Crippen LogP contribution < -0.4 is 4.72 Å². The third kappa shape index (κ3) is 3.72. The third-order valence-electron chi connectivity index (χ3n) is 4.87. The molecule has 0 amide bonds. The van der Waals surface area contributed by atoms with E-state index in [9.17, 15) is 8.42 Å². The lowest BCUT2D eigenvalue weighted by Gasteiger charge is -2.19. The summed E-state index contributed by atoms with van der Waals surface area (Å²) in [7, 11) is -3.62. The second kappa shape index (κ2) is 7.14. The molecule has 27 heavy (non-hydrogen) atoms. The zero-order chi connectivity index (χ0) is 18.9. The molecule has 4 rings (SSSR count). The van der Waals surface area contributed by atoms with Gasteiger partial charge in [-0.3, -0.25) is 0 Å². The van der Waals surface area contributed by atoms with Gasteiger partial charge in [0.1, 0.15) is 0 Å². The Morgan fingerprint density at radius 3 is 2.26 bits per heavy atom. The average molecular weight is 375 g/mol. The van der Waals surface area contributed by atoms with Crippen molar-refractivity contribution >= 4 is 16.1 Å². The zero-order valence-electron chi connectivity index (χ0n) is 15.1. The standard InChI is InChI=1S/C23H21NO2S/c1-17-11-13-21(14-12-17)27(25,26)24-23-20(15-18-7-3-2-4-8-18)16-19-9-5-6-10-22(19)23/h2-14,16,23-24H,15H2,1H3/t23-/m0/s1. The highest BCUT2D eigenvalue weighted by Crippen LogP contribution is 2.37. The number of hydrogen-bond donors (Lipinski definition) is 1. The predicted octanol–water partition coefficient (Wildman–Crippen LogP) is 4.65. The molecular weight excluding hydrogens is 354 g/mol. The van der Waals surface area contributed by atoms with Gasteiger partial charge in [-0.15, -0.1) is 0 Å². The highest BCUT2D eigenvalue weighted by atomic mass is 32.2. The van der Waals surface area contributed by atoms with Crippen LogP contribution >= 0.6 is 0 Å². The van der Waals surface area contributed by atoms with E-state index in [2.05, 4.69) is 22.9 Å². The van der Waals surface area contributed by atoms with Crippen molar-refractivity contribution < 1.29 is 8.42 Å². The number of fused-ring (bicyclic) bond motifs is 1. The normalized spacial score (nSPS) is 16.0. The Bertz CT molecular complexity index is 1080. The van der Waals surface area contributed by atoms with Gasteiger partial charge < -0.3 is 0 Å². The SMILES string of the molecule is Cc1ccc(S(=O)(=O)N[C@H]2C(Cc3ccccc3)=Cc3ccccc32)cc1. The topological polar surface area (TPSA) is 46.2 Å². The third-order valence-corrected chi connectivity index (χ3v) is 6.31. The molecule has 0 aromatic heterocycles. The van der Waals surface area contributed by atoms with Crippen LogP contribution in [-0.4, -0.2) is 8.42 Å². The van der Waals surface area contributed by atoms with Crippen LogP contribution in [0.2, 0.25) is 0 Å². The molecule has 4 heteroatoms. The van der Waals surface area contributed by atoms with Gasteiger partial charge in [-0.2, -0.15) is 4.72 Å². The minimum Gasteiger partial charge on any atom is -0.207 e. The molecule has 3 aromatic rings. The monoisotopic (exact) mass is 375 g/mol. The van der Waals surface area contributed by atoms with Crippen molar-refractivity contribution in [2.24, 2.45) is 0 Å². The first-order chi connectivity index (χ1) is 13.0. The lowest BCUT2D eigenvalue weighted by Crippen LogP contribution is -2.29. The van der Waals surface area contributed by atoms with Crippen LogP contribution in [0.25, 0.3) is 6.08 Å². The molecule has 1 aliphatic rings. The molecule has 0 spiro atoms. The van der Waals surface area contributed by atoms with Crippen molar-refractivity contribution in [3.8, 4) is 0 Å². The summed E-state index contributed by atoms with van der Waals surface area (Å²) in [6.07, 6.45) is 2.81. The van der Waals surface area contributed by atoms with E-state index < -0.39 is 10.0 Å². The van der Waals surface area contributed by atoms with Crippen LogP contribution in [0, 0.1) is 6.92 Å². The number of nitrogens with one attached hydrogen (secondary N) is 1. The van der Waals surface area contributed by atoms with E-state index in [-0.39, 0.29) is 10.9 Å². The zero-order valence-corrected chi connectivity index (χ0v) is 15.9. The summed E-state index contributed by atoms with van der Waals surface area (Å²) in [6.45, 7) is 1.94. The molecule has 0 unspecified atom stereocenters. The molecule has 0 aliphatic heterocycles. The van der Waals surface area contributed by atoms with E-state index in [0.717, 1.165) is 27.8 Å². The fourth-order valence-corrected chi connectivity index (χ4v) is 4.67. The summed E-state index contributed by atoms with van der Waals surface area (Å²) in [5.74, 6) is 0.